The van der Waals surface area contributed by atoms with Crippen molar-refractivity contribution in [2.24, 2.45) is 0 Å². The second kappa shape index (κ2) is 6.18. The maximum atomic E-state index is 11.3. The highest BCUT2D eigenvalue weighted by molar-refractivity contribution is 9.10. The standard InChI is InChI=1S/C11H14BrNOS/c1-3-13-11(14)7-15-10-5-4-9(12)6-8(10)2/h4-6H,3,7H2,1-2H3,(H,13,14). The molecule has 0 aliphatic rings. The van der Waals surface area contributed by atoms with Crippen LogP contribution in [0.4, 0.5) is 0 Å². The number of amides is 1. The Hall–Kier alpha value is -0.480. The highest BCUT2D eigenvalue weighted by Gasteiger charge is 2.03. The molecule has 0 atom stereocenters. The maximum Gasteiger partial charge on any atom is 0.230 e. The van der Waals surface area contributed by atoms with Crippen LogP contribution < -0.4 is 5.32 Å². The van der Waals surface area contributed by atoms with Crippen molar-refractivity contribution >= 4 is 33.6 Å². The summed E-state index contributed by atoms with van der Waals surface area (Å²) in [4.78, 5) is 12.4. The zero-order valence-corrected chi connectivity index (χ0v) is 11.2. The van der Waals surface area contributed by atoms with Crippen molar-refractivity contribution in [2.75, 3.05) is 12.3 Å². The molecule has 82 valence electrons. The molecule has 0 aliphatic carbocycles. The third kappa shape index (κ3) is 4.26. The van der Waals surface area contributed by atoms with Gasteiger partial charge in [0.1, 0.15) is 0 Å². The number of carbonyl (C=O) groups excluding carboxylic acids is 1. The van der Waals surface area contributed by atoms with Crippen molar-refractivity contribution in [3.05, 3.63) is 28.2 Å². The number of thioether (sulfide) groups is 1. The molecule has 2 nitrogen and oxygen atoms in total. The summed E-state index contributed by atoms with van der Waals surface area (Å²) in [5, 5.41) is 2.78. The van der Waals surface area contributed by atoms with Gasteiger partial charge >= 0.3 is 0 Å². The summed E-state index contributed by atoms with van der Waals surface area (Å²) in [5.41, 5.74) is 1.19. The molecular weight excluding hydrogens is 274 g/mol. The van der Waals surface area contributed by atoms with E-state index in [0.29, 0.717) is 12.3 Å². The van der Waals surface area contributed by atoms with Gasteiger partial charge in [-0.1, -0.05) is 15.9 Å². The summed E-state index contributed by atoms with van der Waals surface area (Å²) in [7, 11) is 0. The van der Waals surface area contributed by atoms with Crippen LogP contribution in [0.1, 0.15) is 12.5 Å². The van der Waals surface area contributed by atoms with Gasteiger partial charge in [-0.25, -0.2) is 0 Å². The largest absolute Gasteiger partial charge is 0.356 e. The van der Waals surface area contributed by atoms with Gasteiger partial charge in [0.25, 0.3) is 0 Å². The summed E-state index contributed by atoms with van der Waals surface area (Å²) < 4.78 is 1.07. The summed E-state index contributed by atoms with van der Waals surface area (Å²) in [6, 6.07) is 6.08. The molecule has 0 radical (unpaired) electrons. The van der Waals surface area contributed by atoms with E-state index in [0.717, 1.165) is 9.37 Å². The minimum absolute atomic E-state index is 0.0878. The number of carbonyl (C=O) groups is 1. The van der Waals surface area contributed by atoms with Gasteiger partial charge in [-0.3, -0.25) is 4.79 Å². The van der Waals surface area contributed by atoms with Crippen molar-refractivity contribution in [3.8, 4) is 0 Å². The van der Waals surface area contributed by atoms with Crippen LogP contribution in [0, 0.1) is 6.92 Å². The first-order valence-electron chi connectivity index (χ1n) is 4.79. The molecule has 0 fully saturated rings. The molecule has 0 unspecified atom stereocenters. The Labute approximate surface area is 103 Å². The van der Waals surface area contributed by atoms with Crippen LogP contribution in [0.2, 0.25) is 0 Å². The van der Waals surface area contributed by atoms with Crippen LogP contribution in [0.25, 0.3) is 0 Å². The first-order chi connectivity index (χ1) is 7.13. The van der Waals surface area contributed by atoms with E-state index >= 15 is 0 Å². The van der Waals surface area contributed by atoms with E-state index in [1.165, 1.54) is 5.56 Å². The number of rotatable bonds is 4. The van der Waals surface area contributed by atoms with Gasteiger partial charge < -0.3 is 5.32 Å². The SMILES string of the molecule is CCNC(=O)CSc1ccc(Br)cc1C. The molecule has 0 aliphatic heterocycles. The molecular formula is C11H14BrNOS. The fourth-order valence-electron chi connectivity index (χ4n) is 1.17. The van der Waals surface area contributed by atoms with Gasteiger partial charge in [-0.2, -0.15) is 0 Å². The fraction of sp³-hybridized carbons (Fsp3) is 0.364. The van der Waals surface area contributed by atoms with Gasteiger partial charge in [0, 0.05) is 15.9 Å². The van der Waals surface area contributed by atoms with E-state index in [1.54, 1.807) is 11.8 Å². The summed E-state index contributed by atoms with van der Waals surface area (Å²) in [6.07, 6.45) is 0. The molecule has 1 N–H and O–H groups in total. The molecule has 0 aromatic heterocycles. The minimum Gasteiger partial charge on any atom is -0.356 e. The predicted molar refractivity (Wildman–Crippen MR) is 68.3 cm³/mol. The molecule has 4 heteroatoms. The molecule has 0 heterocycles. The Bertz CT molecular complexity index is 354. The molecule has 15 heavy (non-hydrogen) atoms. The van der Waals surface area contributed by atoms with Crippen molar-refractivity contribution in [3.63, 3.8) is 0 Å². The molecule has 0 bridgehead atoms. The molecule has 1 aromatic rings. The highest BCUT2D eigenvalue weighted by Crippen LogP contribution is 2.24. The van der Waals surface area contributed by atoms with Crippen molar-refractivity contribution in [1.82, 2.24) is 5.32 Å². The first-order valence-corrected chi connectivity index (χ1v) is 6.57. The lowest BCUT2D eigenvalue weighted by Gasteiger charge is -2.05. The van der Waals surface area contributed by atoms with Gasteiger partial charge in [-0.15, -0.1) is 11.8 Å². The third-order valence-electron chi connectivity index (χ3n) is 1.87. The molecule has 0 saturated heterocycles. The van der Waals surface area contributed by atoms with Gasteiger partial charge in [0.05, 0.1) is 5.75 Å². The average Bonchev–Trinajstić information content (AvgIpc) is 2.17. The van der Waals surface area contributed by atoms with Crippen molar-refractivity contribution in [1.29, 1.82) is 0 Å². The Kier molecular flexibility index (Phi) is 5.19. The van der Waals surface area contributed by atoms with E-state index < -0.39 is 0 Å². The van der Waals surface area contributed by atoms with E-state index in [-0.39, 0.29) is 5.91 Å². The van der Waals surface area contributed by atoms with Crippen LogP contribution in [0.5, 0.6) is 0 Å². The number of benzene rings is 1. The fourth-order valence-corrected chi connectivity index (χ4v) is 2.48. The zero-order chi connectivity index (χ0) is 11.3. The second-order valence-electron chi connectivity index (χ2n) is 3.15. The van der Waals surface area contributed by atoms with E-state index in [4.69, 9.17) is 0 Å². The van der Waals surface area contributed by atoms with Gasteiger partial charge in [0.15, 0.2) is 0 Å². The van der Waals surface area contributed by atoms with Crippen molar-refractivity contribution < 1.29 is 4.79 Å². The lowest BCUT2D eigenvalue weighted by atomic mass is 10.2. The van der Waals surface area contributed by atoms with E-state index in [2.05, 4.69) is 27.3 Å². The third-order valence-corrected chi connectivity index (χ3v) is 3.54. The number of hydrogen-bond acceptors (Lipinski definition) is 2. The Morgan fingerprint density at radius 3 is 2.87 bits per heavy atom. The van der Waals surface area contributed by atoms with E-state index in [1.807, 2.05) is 26.0 Å². The number of aryl methyl sites for hydroxylation is 1. The topological polar surface area (TPSA) is 29.1 Å². The maximum absolute atomic E-state index is 11.3. The Morgan fingerprint density at radius 2 is 2.27 bits per heavy atom. The number of halogens is 1. The lowest BCUT2D eigenvalue weighted by molar-refractivity contribution is -0.118. The summed E-state index contributed by atoms with van der Waals surface area (Å²) in [6.45, 7) is 4.66. The van der Waals surface area contributed by atoms with Crippen molar-refractivity contribution in [2.45, 2.75) is 18.7 Å². The van der Waals surface area contributed by atoms with Gasteiger partial charge in [0.2, 0.25) is 5.91 Å². The quantitative estimate of drug-likeness (QED) is 0.863. The van der Waals surface area contributed by atoms with Crippen LogP contribution in [0.3, 0.4) is 0 Å². The first kappa shape index (κ1) is 12.6. The number of nitrogens with one attached hydrogen (secondary N) is 1. The molecule has 1 rings (SSSR count). The van der Waals surface area contributed by atoms with Crippen LogP contribution in [-0.2, 0) is 4.79 Å². The average molecular weight is 288 g/mol. The number of hydrogen-bond donors (Lipinski definition) is 1. The summed E-state index contributed by atoms with van der Waals surface area (Å²) in [5.74, 6) is 0.570. The van der Waals surface area contributed by atoms with Gasteiger partial charge in [-0.05, 0) is 37.6 Å². The smallest absolute Gasteiger partial charge is 0.230 e. The Morgan fingerprint density at radius 1 is 1.53 bits per heavy atom. The highest BCUT2D eigenvalue weighted by atomic mass is 79.9. The molecule has 0 spiro atoms. The van der Waals surface area contributed by atoms with Crippen LogP contribution in [0.15, 0.2) is 27.6 Å². The zero-order valence-electron chi connectivity index (χ0n) is 8.84. The monoisotopic (exact) mass is 287 g/mol. The normalized spacial score (nSPS) is 10.1. The predicted octanol–water partition coefficient (Wildman–Crippen LogP) is 2.99. The molecule has 0 saturated carbocycles. The minimum atomic E-state index is 0.0878. The van der Waals surface area contributed by atoms with Crippen LogP contribution >= 0.6 is 27.7 Å². The molecule has 1 amide bonds. The lowest BCUT2D eigenvalue weighted by Crippen LogP contribution is -2.24. The van der Waals surface area contributed by atoms with Crippen LogP contribution in [-0.4, -0.2) is 18.2 Å². The summed E-state index contributed by atoms with van der Waals surface area (Å²) >= 11 is 4.98. The second-order valence-corrected chi connectivity index (χ2v) is 5.08. The molecule has 1 aromatic carbocycles. The van der Waals surface area contributed by atoms with E-state index in [9.17, 15) is 4.79 Å². The Balaban J connectivity index is 2.54.